The first kappa shape index (κ1) is 10.5. The third kappa shape index (κ3) is 1.87. The summed E-state index contributed by atoms with van der Waals surface area (Å²) in [4.78, 5) is 3.11. The third-order valence-electron chi connectivity index (χ3n) is 2.76. The van der Waals surface area contributed by atoms with Crippen LogP contribution in [0, 0.1) is 5.82 Å². The van der Waals surface area contributed by atoms with E-state index in [1.54, 1.807) is 6.07 Å². The van der Waals surface area contributed by atoms with Gasteiger partial charge in [0, 0.05) is 15.6 Å². The number of nitrogens with one attached hydrogen (secondary N) is 1. The molecule has 17 heavy (non-hydrogen) atoms. The number of hydrogen-bond donors (Lipinski definition) is 1. The number of halogens is 2. The van der Waals surface area contributed by atoms with Gasteiger partial charge in [0.15, 0.2) is 0 Å². The fourth-order valence-corrected chi connectivity index (χ4v) is 2.17. The highest BCUT2D eigenvalue weighted by molar-refractivity contribution is 9.10. The van der Waals surface area contributed by atoms with E-state index in [2.05, 4.69) is 20.9 Å². The minimum absolute atomic E-state index is 0.217. The highest BCUT2D eigenvalue weighted by atomic mass is 79.9. The molecule has 0 aliphatic heterocycles. The van der Waals surface area contributed by atoms with Gasteiger partial charge in [-0.05, 0) is 29.8 Å². The molecule has 1 heterocycles. The number of benzene rings is 2. The lowest BCUT2D eigenvalue weighted by Crippen LogP contribution is -1.78. The Morgan fingerprint density at radius 2 is 1.76 bits per heavy atom. The maximum absolute atomic E-state index is 13.5. The van der Waals surface area contributed by atoms with Gasteiger partial charge in [-0.2, -0.15) is 0 Å². The van der Waals surface area contributed by atoms with Gasteiger partial charge in [-0.15, -0.1) is 0 Å². The number of H-pyrrole nitrogens is 1. The third-order valence-corrected chi connectivity index (χ3v) is 3.29. The Hall–Kier alpha value is -1.61. The first-order chi connectivity index (χ1) is 8.24. The smallest absolute Gasteiger partial charge is 0.147 e. The lowest BCUT2D eigenvalue weighted by molar-refractivity contribution is 0.637. The van der Waals surface area contributed by atoms with Crippen LogP contribution in [0.4, 0.5) is 4.39 Å². The van der Waals surface area contributed by atoms with Crippen molar-refractivity contribution in [1.29, 1.82) is 0 Å². The molecule has 0 bridgehead atoms. The number of para-hydroxylation sites is 1. The Labute approximate surface area is 106 Å². The summed E-state index contributed by atoms with van der Waals surface area (Å²) in [5, 5.41) is 0.892. The van der Waals surface area contributed by atoms with E-state index in [1.807, 2.05) is 36.4 Å². The highest BCUT2D eigenvalue weighted by Gasteiger charge is 2.06. The van der Waals surface area contributed by atoms with Crippen molar-refractivity contribution >= 4 is 26.8 Å². The van der Waals surface area contributed by atoms with Gasteiger partial charge in [0.2, 0.25) is 0 Å². The zero-order chi connectivity index (χ0) is 11.8. The molecule has 2 aromatic carbocycles. The van der Waals surface area contributed by atoms with Crippen molar-refractivity contribution in [2.75, 3.05) is 0 Å². The van der Waals surface area contributed by atoms with Gasteiger partial charge in [0.05, 0.1) is 5.52 Å². The van der Waals surface area contributed by atoms with E-state index in [0.29, 0.717) is 5.52 Å². The average Bonchev–Trinajstić information content (AvgIpc) is 2.75. The molecule has 0 aliphatic carbocycles. The topological polar surface area (TPSA) is 15.8 Å². The molecule has 0 amide bonds. The second-order valence-electron chi connectivity index (χ2n) is 3.89. The Kier molecular flexibility index (Phi) is 2.48. The number of fused-ring (bicyclic) bond motifs is 1. The molecule has 3 aromatic rings. The lowest BCUT2D eigenvalue weighted by Gasteiger charge is -1.97. The van der Waals surface area contributed by atoms with E-state index in [4.69, 9.17) is 0 Å². The van der Waals surface area contributed by atoms with Crippen LogP contribution in [0.2, 0.25) is 0 Å². The summed E-state index contributed by atoms with van der Waals surface area (Å²) in [5.74, 6) is -0.217. The summed E-state index contributed by atoms with van der Waals surface area (Å²) in [6.45, 7) is 0. The minimum atomic E-state index is -0.217. The summed E-state index contributed by atoms with van der Waals surface area (Å²) in [6.07, 6.45) is 0. The van der Waals surface area contributed by atoms with Crippen LogP contribution in [0.15, 0.2) is 53.0 Å². The predicted octanol–water partition coefficient (Wildman–Crippen LogP) is 4.74. The molecule has 0 atom stereocenters. The fourth-order valence-electron chi connectivity index (χ4n) is 1.90. The van der Waals surface area contributed by atoms with Crippen LogP contribution in [0.25, 0.3) is 22.2 Å². The molecule has 0 saturated carbocycles. The first-order valence-electron chi connectivity index (χ1n) is 5.27. The van der Waals surface area contributed by atoms with E-state index in [1.165, 1.54) is 6.07 Å². The van der Waals surface area contributed by atoms with Crippen LogP contribution in [-0.4, -0.2) is 4.98 Å². The number of rotatable bonds is 1. The molecule has 0 saturated heterocycles. The second kappa shape index (κ2) is 4.00. The maximum Gasteiger partial charge on any atom is 0.147 e. The molecular formula is C14H9BrFN. The van der Waals surface area contributed by atoms with Gasteiger partial charge < -0.3 is 4.98 Å². The normalized spacial score (nSPS) is 10.9. The molecule has 0 spiro atoms. The molecular weight excluding hydrogens is 281 g/mol. The molecule has 0 fully saturated rings. The van der Waals surface area contributed by atoms with Crippen molar-refractivity contribution in [2.24, 2.45) is 0 Å². The molecule has 0 unspecified atom stereocenters. The summed E-state index contributed by atoms with van der Waals surface area (Å²) in [7, 11) is 0. The minimum Gasteiger partial charge on any atom is -0.352 e. The van der Waals surface area contributed by atoms with Crippen molar-refractivity contribution < 1.29 is 4.39 Å². The molecule has 0 radical (unpaired) electrons. The van der Waals surface area contributed by atoms with Gasteiger partial charge in [0.1, 0.15) is 5.82 Å². The summed E-state index contributed by atoms with van der Waals surface area (Å²) >= 11 is 3.39. The Balaban J connectivity index is 2.18. The monoisotopic (exact) mass is 289 g/mol. The van der Waals surface area contributed by atoms with Crippen LogP contribution in [0.5, 0.6) is 0 Å². The predicted molar refractivity (Wildman–Crippen MR) is 71.4 cm³/mol. The van der Waals surface area contributed by atoms with Gasteiger partial charge in [0.25, 0.3) is 0 Å². The van der Waals surface area contributed by atoms with Crippen molar-refractivity contribution in [1.82, 2.24) is 4.98 Å². The zero-order valence-corrected chi connectivity index (χ0v) is 10.5. The molecule has 84 valence electrons. The Bertz CT molecular complexity index is 670. The molecule has 3 heteroatoms. The molecule has 1 N–H and O–H groups in total. The Morgan fingerprint density at radius 3 is 2.47 bits per heavy atom. The van der Waals surface area contributed by atoms with E-state index < -0.39 is 0 Å². The zero-order valence-electron chi connectivity index (χ0n) is 8.87. The van der Waals surface area contributed by atoms with Gasteiger partial charge in [-0.1, -0.05) is 40.2 Å². The van der Waals surface area contributed by atoms with Crippen molar-refractivity contribution in [3.05, 3.63) is 58.8 Å². The fraction of sp³-hybridized carbons (Fsp3) is 0. The van der Waals surface area contributed by atoms with Gasteiger partial charge in [-0.3, -0.25) is 0 Å². The van der Waals surface area contributed by atoms with E-state index >= 15 is 0 Å². The molecule has 1 nitrogen and oxygen atoms in total. The SMILES string of the molecule is Fc1cccc2cc(-c3ccc(Br)cc3)[nH]c12. The average molecular weight is 290 g/mol. The largest absolute Gasteiger partial charge is 0.352 e. The summed E-state index contributed by atoms with van der Waals surface area (Å²) in [5.41, 5.74) is 2.53. The van der Waals surface area contributed by atoms with Crippen molar-refractivity contribution in [2.45, 2.75) is 0 Å². The number of aromatic nitrogens is 1. The van der Waals surface area contributed by atoms with Crippen LogP contribution in [0.1, 0.15) is 0 Å². The van der Waals surface area contributed by atoms with Gasteiger partial charge >= 0.3 is 0 Å². The maximum atomic E-state index is 13.5. The summed E-state index contributed by atoms with van der Waals surface area (Å²) < 4.78 is 14.6. The van der Waals surface area contributed by atoms with E-state index in [-0.39, 0.29) is 5.82 Å². The van der Waals surface area contributed by atoms with E-state index in [9.17, 15) is 4.39 Å². The molecule has 0 aliphatic rings. The summed E-state index contributed by atoms with van der Waals surface area (Å²) in [6, 6.07) is 15.0. The van der Waals surface area contributed by atoms with E-state index in [0.717, 1.165) is 21.1 Å². The first-order valence-corrected chi connectivity index (χ1v) is 6.06. The highest BCUT2D eigenvalue weighted by Crippen LogP contribution is 2.26. The lowest BCUT2D eigenvalue weighted by atomic mass is 10.1. The van der Waals surface area contributed by atoms with Crippen LogP contribution < -0.4 is 0 Å². The van der Waals surface area contributed by atoms with Crippen LogP contribution in [0.3, 0.4) is 0 Å². The van der Waals surface area contributed by atoms with Crippen molar-refractivity contribution in [3.63, 3.8) is 0 Å². The van der Waals surface area contributed by atoms with Crippen molar-refractivity contribution in [3.8, 4) is 11.3 Å². The standard InChI is InChI=1S/C14H9BrFN/c15-11-6-4-9(5-7-11)13-8-10-2-1-3-12(16)14(10)17-13/h1-8,17H. The Morgan fingerprint density at radius 1 is 1.00 bits per heavy atom. The molecule has 1 aromatic heterocycles. The van der Waals surface area contributed by atoms with Crippen LogP contribution >= 0.6 is 15.9 Å². The van der Waals surface area contributed by atoms with Gasteiger partial charge in [-0.25, -0.2) is 4.39 Å². The second-order valence-corrected chi connectivity index (χ2v) is 4.81. The van der Waals surface area contributed by atoms with Crippen LogP contribution in [-0.2, 0) is 0 Å². The number of aromatic amines is 1. The molecule has 3 rings (SSSR count). The quantitative estimate of drug-likeness (QED) is 0.666. The number of hydrogen-bond acceptors (Lipinski definition) is 0.